The minimum atomic E-state index is -0.129. The zero-order valence-corrected chi connectivity index (χ0v) is 11.6. The van der Waals surface area contributed by atoms with Crippen molar-refractivity contribution in [2.45, 2.75) is 20.3 Å². The summed E-state index contributed by atoms with van der Waals surface area (Å²) >= 11 is 12.1. The van der Waals surface area contributed by atoms with Crippen LogP contribution in [0.15, 0.2) is 23.0 Å². The van der Waals surface area contributed by atoms with Crippen LogP contribution in [0.1, 0.15) is 18.2 Å². The maximum atomic E-state index is 11.9. The zero-order valence-electron chi connectivity index (χ0n) is 10.1. The number of hydrogen-bond donors (Lipinski definition) is 1. The fourth-order valence-electron chi connectivity index (χ4n) is 1.84. The Kier molecular flexibility index (Phi) is 3.73. The third-order valence-electron chi connectivity index (χ3n) is 2.78. The summed E-state index contributed by atoms with van der Waals surface area (Å²) in [6.45, 7) is 3.74. The van der Waals surface area contributed by atoms with Gasteiger partial charge in [-0.1, -0.05) is 36.2 Å². The molecule has 0 aliphatic rings. The molecule has 0 saturated heterocycles. The van der Waals surface area contributed by atoms with Crippen LogP contribution < -0.4 is 5.56 Å². The van der Waals surface area contributed by atoms with E-state index >= 15 is 0 Å². The maximum absolute atomic E-state index is 11.9. The molecule has 0 radical (unpaired) electrons. The van der Waals surface area contributed by atoms with Crippen molar-refractivity contribution in [3.8, 4) is 11.4 Å². The molecule has 94 valence electrons. The van der Waals surface area contributed by atoms with E-state index in [2.05, 4.69) is 9.97 Å². The van der Waals surface area contributed by atoms with E-state index in [4.69, 9.17) is 23.2 Å². The predicted octanol–water partition coefficient (Wildman–Crippen LogP) is 3.61. The van der Waals surface area contributed by atoms with Gasteiger partial charge in [0.25, 0.3) is 5.56 Å². The first kappa shape index (κ1) is 13.1. The number of nitrogens with one attached hydrogen (secondary N) is 1. The van der Waals surface area contributed by atoms with Crippen LogP contribution in [0.3, 0.4) is 0 Å². The Morgan fingerprint density at radius 1 is 1.33 bits per heavy atom. The van der Waals surface area contributed by atoms with E-state index in [0.29, 0.717) is 39.1 Å². The highest BCUT2D eigenvalue weighted by molar-refractivity contribution is 6.43. The number of hydrogen-bond acceptors (Lipinski definition) is 2. The first-order chi connectivity index (χ1) is 8.54. The smallest absolute Gasteiger partial charge is 0.254 e. The van der Waals surface area contributed by atoms with E-state index in [1.165, 1.54) is 0 Å². The first-order valence-electron chi connectivity index (χ1n) is 5.58. The Bertz CT molecular complexity index is 650. The summed E-state index contributed by atoms with van der Waals surface area (Å²) in [6, 6.07) is 5.24. The van der Waals surface area contributed by atoms with Gasteiger partial charge in [-0.2, -0.15) is 0 Å². The zero-order chi connectivity index (χ0) is 13.3. The van der Waals surface area contributed by atoms with Crippen LogP contribution in [-0.4, -0.2) is 9.97 Å². The molecule has 1 N–H and O–H groups in total. The van der Waals surface area contributed by atoms with Crippen molar-refractivity contribution in [1.82, 2.24) is 9.97 Å². The van der Waals surface area contributed by atoms with Crippen molar-refractivity contribution >= 4 is 23.2 Å². The molecule has 0 spiro atoms. The second-order valence-electron chi connectivity index (χ2n) is 3.93. The molecular weight excluding hydrogens is 271 g/mol. The monoisotopic (exact) mass is 282 g/mol. The van der Waals surface area contributed by atoms with E-state index in [1.807, 2.05) is 13.8 Å². The van der Waals surface area contributed by atoms with E-state index in [0.717, 1.165) is 0 Å². The Morgan fingerprint density at radius 2 is 2.06 bits per heavy atom. The molecule has 2 rings (SSSR count). The molecule has 0 unspecified atom stereocenters. The highest BCUT2D eigenvalue weighted by Crippen LogP contribution is 2.31. The van der Waals surface area contributed by atoms with Crippen LogP contribution >= 0.6 is 23.2 Å². The van der Waals surface area contributed by atoms with E-state index < -0.39 is 0 Å². The number of benzene rings is 1. The van der Waals surface area contributed by atoms with Gasteiger partial charge in [0, 0.05) is 16.8 Å². The van der Waals surface area contributed by atoms with Crippen molar-refractivity contribution in [3.05, 3.63) is 49.9 Å². The minimum absolute atomic E-state index is 0.129. The van der Waals surface area contributed by atoms with Crippen LogP contribution in [-0.2, 0) is 6.42 Å². The lowest BCUT2D eigenvalue weighted by atomic mass is 10.1. The third kappa shape index (κ3) is 2.28. The Morgan fingerprint density at radius 3 is 2.67 bits per heavy atom. The van der Waals surface area contributed by atoms with E-state index in [9.17, 15) is 4.79 Å². The average Bonchev–Trinajstić information content (AvgIpc) is 2.32. The molecule has 3 nitrogen and oxygen atoms in total. The lowest BCUT2D eigenvalue weighted by Gasteiger charge is -2.08. The first-order valence-corrected chi connectivity index (χ1v) is 6.34. The number of rotatable bonds is 2. The van der Waals surface area contributed by atoms with Gasteiger partial charge < -0.3 is 4.98 Å². The van der Waals surface area contributed by atoms with Gasteiger partial charge in [0.1, 0.15) is 5.82 Å². The fraction of sp³-hybridized carbons (Fsp3) is 0.231. The third-order valence-corrected chi connectivity index (χ3v) is 3.60. The van der Waals surface area contributed by atoms with Gasteiger partial charge in [-0.15, -0.1) is 0 Å². The maximum Gasteiger partial charge on any atom is 0.254 e. The lowest BCUT2D eigenvalue weighted by molar-refractivity contribution is 0.968. The van der Waals surface area contributed by atoms with Crippen molar-refractivity contribution in [2.24, 2.45) is 0 Å². The predicted molar refractivity (Wildman–Crippen MR) is 74.4 cm³/mol. The molecule has 0 aliphatic heterocycles. The fourth-order valence-corrected chi connectivity index (χ4v) is 2.23. The number of nitrogens with zero attached hydrogens (tertiary/aromatic N) is 1. The molecule has 1 aromatic heterocycles. The van der Waals surface area contributed by atoms with E-state index in [-0.39, 0.29) is 5.56 Å². The van der Waals surface area contributed by atoms with Crippen molar-refractivity contribution in [3.63, 3.8) is 0 Å². The Balaban J connectivity index is 2.66. The van der Waals surface area contributed by atoms with Gasteiger partial charge in [0.15, 0.2) is 0 Å². The van der Waals surface area contributed by atoms with Crippen LogP contribution in [0.2, 0.25) is 10.0 Å². The number of H-pyrrole nitrogens is 1. The summed E-state index contributed by atoms with van der Waals surface area (Å²) in [5, 5.41) is 0.833. The molecule has 1 aromatic carbocycles. The normalized spacial score (nSPS) is 10.7. The van der Waals surface area contributed by atoms with Gasteiger partial charge in [-0.05, 0) is 25.5 Å². The largest absolute Gasteiger partial charge is 0.306 e. The summed E-state index contributed by atoms with van der Waals surface area (Å²) in [5.74, 6) is 0.446. The van der Waals surface area contributed by atoms with Crippen LogP contribution in [0.25, 0.3) is 11.4 Å². The SMILES string of the molecule is CCc1c(C)nc(-c2cccc(Cl)c2Cl)[nH]c1=O. The molecule has 0 amide bonds. The quantitative estimate of drug-likeness (QED) is 0.915. The summed E-state index contributed by atoms with van der Waals surface area (Å²) in [5.41, 5.74) is 1.91. The number of halogens is 2. The highest BCUT2D eigenvalue weighted by atomic mass is 35.5. The van der Waals surface area contributed by atoms with Crippen LogP contribution in [0.5, 0.6) is 0 Å². The standard InChI is InChI=1S/C13H12Cl2N2O/c1-3-8-7(2)16-12(17-13(8)18)9-5-4-6-10(14)11(9)15/h4-6H,3H2,1-2H3,(H,16,17,18). The van der Waals surface area contributed by atoms with Gasteiger partial charge in [0.2, 0.25) is 0 Å². The number of aromatic amines is 1. The summed E-state index contributed by atoms with van der Waals surface area (Å²) < 4.78 is 0. The van der Waals surface area contributed by atoms with Crippen molar-refractivity contribution < 1.29 is 0 Å². The molecule has 18 heavy (non-hydrogen) atoms. The Hall–Kier alpha value is -1.32. The highest BCUT2D eigenvalue weighted by Gasteiger charge is 2.12. The average molecular weight is 283 g/mol. The van der Waals surface area contributed by atoms with Gasteiger partial charge >= 0.3 is 0 Å². The molecular formula is C13H12Cl2N2O. The molecule has 2 aromatic rings. The van der Waals surface area contributed by atoms with Crippen molar-refractivity contribution in [2.75, 3.05) is 0 Å². The van der Waals surface area contributed by atoms with Gasteiger partial charge in [-0.3, -0.25) is 4.79 Å². The lowest BCUT2D eigenvalue weighted by Crippen LogP contribution is -2.16. The topological polar surface area (TPSA) is 45.8 Å². The number of aryl methyl sites for hydroxylation is 1. The molecule has 0 saturated carbocycles. The molecule has 0 aliphatic carbocycles. The van der Waals surface area contributed by atoms with Crippen molar-refractivity contribution in [1.29, 1.82) is 0 Å². The molecule has 0 bridgehead atoms. The Labute approximate surface area is 115 Å². The summed E-state index contributed by atoms with van der Waals surface area (Å²) in [4.78, 5) is 19.0. The second kappa shape index (κ2) is 5.12. The molecule has 0 atom stereocenters. The minimum Gasteiger partial charge on any atom is -0.306 e. The summed E-state index contributed by atoms with van der Waals surface area (Å²) in [6.07, 6.45) is 0.651. The van der Waals surface area contributed by atoms with Crippen LogP contribution in [0.4, 0.5) is 0 Å². The molecule has 0 fully saturated rings. The van der Waals surface area contributed by atoms with Gasteiger partial charge in [-0.25, -0.2) is 4.98 Å². The molecule has 1 heterocycles. The summed E-state index contributed by atoms with van der Waals surface area (Å²) in [7, 11) is 0. The van der Waals surface area contributed by atoms with Crippen LogP contribution in [0, 0.1) is 6.92 Å². The van der Waals surface area contributed by atoms with E-state index in [1.54, 1.807) is 18.2 Å². The second-order valence-corrected chi connectivity index (χ2v) is 4.72. The van der Waals surface area contributed by atoms with Gasteiger partial charge in [0.05, 0.1) is 10.0 Å². The number of aromatic nitrogens is 2. The molecule has 5 heteroatoms.